The lowest BCUT2D eigenvalue weighted by atomic mass is 10.1. The monoisotopic (exact) mass is 311 g/mol. The summed E-state index contributed by atoms with van der Waals surface area (Å²) in [6.45, 7) is 4.76. The van der Waals surface area contributed by atoms with Gasteiger partial charge in [0.05, 0.1) is 12.7 Å². The van der Waals surface area contributed by atoms with Crippen molar-refractivity contribution >= 4 is 15.9 Å². The Morgan fingerprint density at radius 1 is 1.33 bits per heavy atom. The Bertz CT molecular complexity index is 375. The molecule has 0 amide bonds. The highest BCUT2D eigenvalue weighted by Gasteiger charge is 2.14. The van der Waals surface area contributed by atoms with E-state index in [1.807, 2.05) is 0 Å². The minimum absolute atomic E-state index is 0.526. The van der Waals surface area contributed by atoms with E-state index in [0.29, 0.717) is 6.10 Å². The second kappa shape index (κ2) is 7.27. The van der Waals surface area contributed by atoms with Crippen molar-refractivity contribution in [3.05, 3.63) is 33.8 Å². The molecule has 0 radical (unpaired) electrons. The molecule has 0 aromatic heterocycles. The van der Waals surface area contributed by atoms with Gasteiger partial charge in [-0.1, -0.05) is 40.9 Å². The zero-order valence-electron chi connectivity index (χ0n) is 11.0. The molecule has 1 aliphatic carbocycles. The van der Waals surface area contributed by atoms with Gasteiger partial charge < -0.3 is 10.1 Å². The number of hydrogen-bond donors (Lipinski definition) is 1. The van der Waals surface area contributed by atoms with E-state index in [0.717, 1.165) is 19.7 Å². The summed E-state index contributed by atoms with van der Waals surface area (Å²) in [5, 5.41) is 3.43. The minimum Gasteiger partial charge on any atom is -0.377 e. The molecule has 2 nitrogen and oxygen atoms in total. The van der Waals surface area contributed by atoms with Gasteiger partial charge in [-0.2, -0.15) is 0 Å². The van der Waals surface area contributed by atoms with Crippen LogP contribution in [0.1, 0.15) is 36.8 Å². The van der Waals surface area contributed by atoms with Crippen molar-refractivity contribution in [2.45, 2.75) is 45.3 Å². The first kappa shape index (κ1) is 14.0. The summed E-state index contributed by atoms with van der Waals surface area (Å²) >= 11 is 3.60. The van der Waals surface area contributed by atoms with Crippen LogP contribution in [0.15, 0.2) is 22.7 Å². The number of benzene rings is 1. The van der Waals surface area contributed by atoms with Crippen LogP contribution in [0, 0.1) is 6.92 Å². The lowest BCUT2D eigenvalue weighted by Gasteiger charge is -2.12. The minimum atomic E-state index is 0.526. The summed E-state index contributed by atoms with van der Waals surface area (Å²) in [5.74, 6) is 0. The summed E-state index contributed by atoms with van der Waals surface area (Å²) in [5.41, 5.74) is 2.59. The van der Waals surface area contributed by atoms with Crippen LogP contribution in [0.4, 0.5) is 0 Å². The lowest BCUT2D eigenvalue weighted by Crippen LogP contribution is -2.22. The van der Waals surface area contributed by atoms with Gasteiger partial charge in [0.2, 0.25) is 0 Å². The van der Waals surface area contributed by atoms with E-state index in [1.54, 1.807) is 0 Å². The molecule has 1 aliphatic rings. The zero-order chi connectivity index (χ0) is 12.8. The molecule has 1 aromatic carbocycles. The Labute approximate surface area is 118 Å². The summed E-state index contributed by atoms with van der Waals surface area (Å²) in [7, 11) is 0. The summed E-state index contributed by atoms with van der Waals surface area (Å²) < 4.78 is 7.00. The number of halogens is 1. The Hall–Kier alpha value is -0.380. The van der Waals surface area contributed by atoms with Crippen molar-refractivity contribution in [1.29, 1.82) is 0 Å². The molecule has 0 spiro atoms. The zero-order valence-corrected chi connectivity index (χ0v) is 12.6. The van der Waals surface area contributed by atoms with E-state index in [4.69, 9.17) is 4.74 Å². The fourth-order valence-electron chi connectivity index (χ4n) is 2.37. The SMILES string of the molecule is Cc1ccc(CNCCOC2CCCC2)c(Br)c1. The third-order valence-corrected chi connectivity index (χ3v) is 4.20. The van der Waals surface area contributed by atoms with Crippen molar-refractivity contribution in [2.24, 2.45) is 0 Å². The quantitative estimate of drug-likeness (QED) is 0.807. The second-order valence-electron chi connectivity index (χ2n) is 5.05. The van der Waals surface area contributed by atoms with Crippen molar-refractivity contribution in [2.75, 3.05) is 13.2 Å². The van der Waals surface area contributed by atoms with Crippen LogP contribution in [-0.2, 0) is 11.3 Å². The van der Waals surface area contributed by atoms with E-state index in [2.05, 4.69) is 46.4 Å². The number of rotatable bonds is 6. The van der Waals surface area contributed by atoms with Gasteiger partial charge in [0.1, 0.15) is 0 Å². The molecule has 1 aromatic rings. The molecular formula is C15H22BrNO. The number of nitrogens with one attached hydrogen (secondary N) is 1. The number of aryl methyl sites for hydroxylation is 1. The van der Waals surface area contributed by atoms with Gasteiger partial charge >= 0.3 is 0 Å². The average Bonchev–Trinajstić information content (AvgIpc) is 2.84. The summed E-state index contributed by atoms with van der Waals surface area (Å²) in [4.78, 5) is 0. The molecule has 100 valence electrons. The molecule has 1 saturated carbocycles. The van der Waals surface area contributed by atoms with Gasteiger partial charge in [-0.25, -0.2) is 0 Å². The first-order chi connectivity index (χ1) is 8.75. The summed E-state index contributed by atoms with van der Waals surface area (Å²) in [6.07, 6.45) is 5.72. The predicted octanol–water partition coefficient (Wildman–Crippen LogP) is 3.81. The maximum absolute atomic E-state index is 5.82. The third kappa shape index (κ3) is 4.38. The molecule has 1 N–H and O–H groups in total. The molecular weight excluding hydrogens is 290 g/mol. The molecule has 0 saturated heterocycles. The maximum Gasteiger partial charge on any atom is 0.0594 e. The molecule has 0 aliphatic heterocycles. The van der Waals surface area contributed by atoms with Crippen molar-refractivity contribution in [1.82, 2.24) is 5.32 Å². The van der Waals surface area contributed by atoms with Crippen LogP contribution in [0.5, 0.6) is 0 Å². The van der Waals surface area contributed by atoms with E-state index in [1.165, 1.54) is 41.3 Å². The molecule has 0 heterocycles. The topological polar surface area (TPSA) is 21.3 Å². The van der Waals surface area contributed by atoms with Crippen molar-refractivity contribution in [3.63, 3.8) is 0 Å². The standard InChI is InChI=1S/C15H22BrNO/c1-12-6-7-13(15(16)10-12)11-17-8-9-18-14-4-2-3-5-14/h6-7,10,14,17H,2-5,8-9,11H2,1H3. The van der Waals surface area contributed by atoms with Gasteiger partial charge in [0.15, 0.2) is 0 Å². The normalized spacial score (nSPS) is 16.3. The Morgan fingerprint density at radius 3 is 2.83 bits per heavy atom. The fourth-order valence-corrected chi connectivity index (χ4v) is 3.00. The first-order valence-corrected chi connectivity index (χ1v) is 7.62. The lowest BCUT2D eigenvalue weighted by molar-refractivity contribution is 0.0602. The van der Waals surface area contributed by atoms with Crippen LogP contribution < -0.4 is 5.32 Å². The number of ether oxygens (including phenoxy) is 1. The average molecular weight is 312 g/mol. The largest absolute Gasteiger partial charge is 0.377 e. The van der Waals surface area contributed by atoms with Gasteiger partial charge in [0.25, 0.3) is 0 Å². The fraction of sp³-hybridized carbons (Fsp3) is 0.600. The molecule has 0 unspecified atom stereocenters. The van der Waals surface area contributed by atoms with E-state index >= 15 is 0 Å². The van der Waals surface area contributed by atoms with Crippen LogP contribution >= 0.6 is 15.9 Å². The van der Waals surface area contributed by atoms with Crippen molar-refractivity contribution < 1.29 is 4.74 Å². The Morgan fingerprint density at radius 2 is 2.11 bits per heavy atom. The highest BCUT2D eigenvalue weighted by molar-refractivity contribution is 9.10. The third-order valence-electron chi connectivity index (χ3n) is 3.46. The van der Waals surface area contributed by atoms with Gasteiger partial charge in [-0.3, -0.25) is 0 Å². The van der Waals surface area contributed by atoms with Crippen molar-refractivity contribution in [3.8, 4) is 0 Å². The Kier molecular flexibility index (Phi) is 5.67. The molecule has 1 fully saturated rings. The smallest absolute Gasteiger partial charge is 0.0594 e. The van der Waals surface area contributed by atoms with Crippen LogP contribution in [0.25, 0.3) is 0 Å². The van der Waals surface area contributed by atoms with Gasteiger partial charge in [-0.05, 0) is 37.0 Å². The van der Waals surface area contributed by atoms with Crippen LogP contribution in [-0.4, -0.2) is 19.3 Å². The Balaban J connectivity index is 1.62. The van der Waals surface area contributed by atoms with Crippen LogP contribution in [0.3, 0.4) is 0 Å². The molecule has 0 atom stereocenters. The van der Waals surface area contributed by atoms with Gasteiger partial charge in [0, 0.05) is 17.6 Å². The van der Waals surface area contributed by atoms with Gasteiger partial charge in [-0.15, -0.1) is 0 Å². The van der Waals surface area contributed by atoms with Crippen LogP contribution in [0.2, 0.25) is 0 Å². The maximum atomic E-state index is 5.82. The highest BCUT2D eigenvalue weighted by atomic mass is 79.9. The van der Waals surface area contributed by atoms with E-state index in [-0.39, 0.29) is 0 Å². The predicted molar refractivity (Wildman–Crippen MR) is 78.8 cm³/mol. The summed E-state index contributed by atoms with van der Waals surface area (Å²) in [6, 6.07) is 6.48. The van der Waals surface area contributed by atoms with E-state index < -0.39 is 0 Å². The number of hydrogen-bond acceptors (Lipinski definition) is 2. The molecule has 3 heteroatoms. The van der Waals surface area contributed by atoms with E-state index in [9.17, 15) is 0 Å². The molecule has 2 rings (SSSR count). The first-order valence-electron chi connectivity index (χ1n) is 6.83. The molecule has 18 heavy (non-hydrogen) atoms. The second-order valence-corrected chi connectivity index (χ2v) is 5.90. The molecule has 0 bridgehead atoms. The highest BCUT2D eigenvalue weighted by Crippen LogP contribution is 2.20.